The third kappa shape index (κ3) is 3.67. The quantitative estimate of drug-likeness (QED) is 0.834. The number of carbonyl (C=O) groups excluding carboxylic acids is 1. The first-order valence-electron chi connectivity index (χ1n) is 6.63. The first kappa shape index (κ1) is 15.2. The van der Waals surface area contributed by atoms with Crippen molar-refractivity contribution in [3.05, 3.63) is 58.6 Å². The van der Waals surface area contributed by atoms with Gasteiger partial charge in [-0.3, -0.25) is 4.79 Å². The number of nitrogens with two attached hydrogens (primary N) is 2. The van der Waals surface area contributed by atoms with E-state index in [-0.39, 0.29) is 0 Å². The van der Waals surface area contributed by atoms with Crippen molar-refractivity contribution in [1.82, 2.24) is 0 Å². The molecular formula is C16H18ClN3O. The Morgan fingerprint density at radius 1 is 1.24 bits per heavy atom. The highest BCUT2D eigenvalue weighted by Crippen LogP contribution is 2.31. The summed E-state index contributed by atoms with van der Waals surface area (Å²) >= 11 is 6.23. The summed E-state index contributed by atoms with van der Waals surface area (Å²) in [6.07, 6.45) is 0.843. The summed E-state index contributed by atoms with van der Waals surface area (Å²) in [4.78, 5) is 13.5. The van der Waals surface area contributed by atoms with E-state index in [0.717, 1.165) is 6.42 Å². The summed E-state index contributed by atoms with van der Waals surface area (Å²) < 4.78 is 0. The maximum absolute atomic E-state index is 11.6. The van der Waals surface area contributed by atoms with E-state index in [1.807, 2.05) is 30.1 Å². The molecule has 0 aliphatic heterocycles. The minimum Gasteiger partial charge on any atom is -0.399 e. The van der Waals surface area contributed by atoms with Crippen LogP contribution in [0.4, 0.5) is 11.4 Å². The fraction of sp³-hybridized carbons (Fsp3) is 0.188. The van der Waals surface area contributed by atoms with Crippen molar-refractivity contribution in [3.8, 4) is 0 Å². The maximum Gasteiger partial charge on any atom is 0.250 e. The van der Waals surface area contributed by atoms with Crippen LogP contribution in [0, 0.1) is 0 Å². The molecular weight excluding hydrogens is 286 g/mol. The van der Waals surface area contributed by atoms with E-state index in [1.54, 1.807) is 12.1 Å². The zero-order valence-electron chi connectivity index (χ0n) is 11.8. The number of carbonyl (C=O) groups is 1. The molecule has 2 aromatic rings. The molecule has 21 heavy (non-hydrogen) atoms. The molecule has 4 nitrogen and oxygen atoms in total. The first-order valence-corrected chi connectivity index (χ1v) is 7.00. The van der Waals surface area contributed by atoms with Gasteiger partial charge in [-0.25, -0.2) is 0 Å². The number of primary amides is 1. The monoisotopic (exact) mass is 303 g/mol. The van der Waals surface area contributed by atoms with E-state index in [4.69, 9.17) is 23.1 Å². The first-order chi connectivity index (χ1) is 9.99. The number of benzene rings is 2. The topological polar surface area (TPSA) is 72.3 Å². The van der Waals surface area contributed by atoms with Crippen LogP contribution in [0.15, 0.2) is 42.5 Å². The number of likely N-dealkylation sites (N-methyl/N-ethyl adjacent to an activating group) is 1. The Hall–Kier alpha value is -2.20. The molecule has 0 heterocycles. The Kier molecular flexibility index (Phi) is 4.70. The summed E-state index contributed by atoms with van der Waals surface area (Å²) in [7, 11) is 1.88. The minimum absolute atomic E-state index is 0.343. The Balaban J connectivity index is 2.22. The molecule has 5 heteroatoms. The van der Waals surface area contributed by atoms with Crippen LogP contribution < -0.4 is 16.4 Å². The fourth-order valence-electron chi connectivity index (χ4n) is 2.25. The van der Waals surface area contributed by atoms with Crippen molar-refractivity contribution >= 4 is 28.9 Å². The van der Waals surface area contributed by atoms with Gasteiger partial charge in [0.15, 0.2) is 0 Å². The van der Waals surface area contributed by atoms with Gasteiger partial charge < -0.3 is 16.4 Å². The standard InChI is InChI=1S/C16H18ClN3O/c1-20(8-7-11-5-3-2-4-6-11)15-13(16(19)21)9-12(18)10-14(15)17/h2-6,9-10H,7-8,18H2,1H3,(H2,19,21). The van der Waals surface area contributed by atoms with Crippen molar-refractivity contribution in [2.45, 2.75) is 6.42 Å². The van der Waals surface area contributed by atoms with Crippen molar-refractivity contribution in [2.24, 2.45) is 5.73 Å². The van der Waals surface area contributed by atoms with Gasteiger partial charge in [0.05, 0.1) is 16.3 Å². The van der Waals surface area contributed by atoms with Gasteiger partial charge in [-0.15, -0.1) is 0 Å². The molecule has 0 fully saturated rings. The lowest BCUT2D eigenvalue weighted by Gasteiger charge is -2.23. The van der Waals surface area contributed by atoms with Gasteiger partial charge in [-0.05, 0) is 24.1 Å². The smallest absolute Gasteiger partial charge is 0.250 e. The SMILES string of the molecule is CN(CCc1ccccc1)c1c(Cl)cc(N)cc1C(N)=O. The molecule has 0 bridgehead atoms. The van der Waals surface area contributed by atoms with Gasteiger partial charge in [-0.1, -0.05) is 41.9 Å². The second-order valence-corrected chi connectivity index (χ2v) is 5.33. The number of halogens is 1. The van der Waals surface area contributed by atoms with Crippen molar-refractivity contribution in [1.29, 1.82) is 0 Å². The highest BCUT2D eigenvalue weighted by atomic mass is 35.5. The molecule has 0 unspecified atom stereocenters. The van der Waals surface area contributed by atoms with Crippen LogP contribution in [0.5, 0.6) is 0 Å². The third-order valence-corrected chi connectivity index (χ3v) is 3.60. The molecule has 110 valence electrons. The van der Waals surface area contributed by atoms with Crippen LogP contribution in [0.2, 0.25) is 5.02 Å². The number of hydrogen-bond acceptors (Lipinski definition) is 3. The van der Waals surface area contributed by atoms with Crippen LogP contribution >= 0.6 is 11.6 Å². The summed E-state index contributed by atoms with van der Waals surface area (Å²) in [6.45, 7) is 0.716. The Labute approximate surface area is 129 Å². The van der Waals surface area contributed by atoms with Gasteiger partial charge in [0.1, 0.15) is 0 Å². The summed E-state index contributed by atoms with van der Waals surface area (Å²) in [5.41, 5.74) is 13.7. The molecule has 2 aromatic carbocycles. The van der Waals surface area contributed by atoms with Crippen molar-refractivity contribution in [2.75, 3.05) is 24.2 Å². The molecule has 0 atom stereocenters. The molecule has 1 amide bonds. The van der Waals surface area contributed by atoms with E-state index in [1.165, 1.54) is 5.56 Å². The van der Waals surface area contributed by atoms with Gasteiger partial charge in [-0.2, -0.15) is 0 Å². The number of hydrogen-bond donors (Lipinski definition) is 2. The van der Waals surface area contributed by atoms with Crippen LogP contribution in [0.1, 0.15) is 15.9 Å². The number of nitrogen functional groups attached to an aromatic ring is 1. The lowest BCUT2D eigenvalue weighted by Crippen LogP contribution is -2.25. The van der Waals surface area contributed by atoms with E-state index in [0.29, 0.717) is 28.5 Å². The summed E-state index contributed by atoms with van der Waals surface area (Å²) in [6, 6.07) is 13.3. The number of rotatable bonds is 5. The number of anilines is 2. The summed E-state index contributed by atoms with van der Waals surface area (Å²) in [5.74, 6) is -0.536. The molecule has 0 saturated heterocycles. The number of nitrogens with zero attached hydrogens (tertiary/aromatic N) is 1. The van der Waals surface area contributed by atoms with E-state index in [9.17, 15) is 4.79 Å². The lowest BCUT2D eigenvalue weighted by atomic mass is 10.1. The predicted molar refractivity (Wildman–Crippen MR) is 87.8 cm³/mol. The van der Waals surface area contributed by atoms with Gasteiger partial charge in [0.25, 0.3) is 5.91 Å². The van der Waals surface area contributed by atoms with Crippen LogP contribution in [-0.4, -0.2) is 19.5 Å². The van der Waals surface area contributed by atoms with Gasteiger partial charge >= 0.3 is 0 Å². The molecule has 0 radical (unpaired) electrons. The molecule has 0 spiro atoms. The lowest BCUT2D eigenvalue weighted by molar-refractivity contribution is 0.100. The highest BCUT2D eigenvalue weighted by molar-refractivity contribution is 6.34. The van der Waals surface area contributed by atoms with Crippen LogP contribution in [0.3, 0.4) is 0 Å². The van der Waals surface area contributed by atoms with Gasteiger partial charge in [0.2, 0.25) is 0 Å². The van der Waals surface area contributed by atoms with E-state index >= 15 is 0 Å². The Morgan fingerprint density at radius 3 is 2.52 bits per heavy atom. The maximum atomic E-state index is 11.6. The average molecular weight is 304 g/mol. The zero-order chi connectivity index (χ0) is 15.4. The van der Waals surface area contributed by atoms with Crippen molar-refractivity contribution < 1.29 is 4.79 Å². The molecule has 0 aromatic heterocycles. The summed E-state index contributed by atoms with van der Waals surface area (Å²) in [5, 5.41) is 0.430. The van der Waals surface area contributed by atoms with Crippen molar-refractivity contribution in [3.63, 3.8) is 0 Å². The zero-order valence-corrected chi connectivity index (χ0v) is 12.6. The average Bonchev–Trinajstić information content (AvgIpc) is 2.45. The molecule has 0 aliphatic rings. The second kappa shape index (κ2) is 6.50. The highest BCUT2D eigenvalue weighted by Gasteiger charge is 2.16. The van der Waals surface area contributed by atoms with E-state index < -0.39 is 5.91 Å². The molecule has 2 rings (SSSR count). The molecule has 0 saturated carbocycles. The normalized spacial score (nSPS) is 10.4. The van der Waals surface area contributed by atoms with Crippen LogP contribution in [0.25, 0.3) is 0 Å². The molecule has 4 N–H and O–H groups in total. The van der Waals surface area contributed by atoms with Crippen LogP contribution in [-0.2, 0) is 6.42 Å². The molecule has 0 aliphatic carbocycles. The predicted octanol–water partition coefficient (Wildman–Crippen LogP) is 2.70. The fourth-order valence-corrected chi connectivity index (χ4v) is 2.62. The van der Waals surface area contributed by atoms with E-state index in [2.05, 4.69) is 12.1 Å². The Morgan fingerprint density at radius 2 is 1.90 bits per heavy atom. The largest absolute Gasteiger partial charge is 0.399 e. The third-order valence-electron chi connectivity index (χ3n) is 3.31. The second-order valence-electron chi connectivity index (χ2n) is 4.92. The van der Waals surface area contributed by atoms with Gasteiger partial charge in [0, 0.05) is 19.3 Å². The minimum atomic E-state index is -0.536. The number of amides is 1. The Bertz CT molecular complexity index is 643.